The zero-order chi connectivity index (χ0) is 9.97. The van der Waals surface area contributed by atoms with Crippen molar-refractivity contribution >= 4 is 11.3 Å². The molecule has 1 N–H and O–H groups in total. The molecule has 1 heterocycles. The van der Waals surface area contributed by atoms with E-state index in [1.807, 2.05) is 16.9 Å². The summed E-state index contributed by atoms with van der Waals surface area (Å²) in [6.07, 6.45) is 3.71. The Morgan fingerprint density at radius 1 is 1.64 bits per heavy atom. The number of hydrogen-bond acceptors (Lipinski definition) is 3. The van der Waals surface area contributed by atoms with Gasteiger partial charge in [-0.1, -0.05) is 11.3 Å². The van der Waals surface area contributed by atoms with E-state index in [0.717, 1.165) is 31.2 Å². The molecule has 0 spiro atoms. The second-order valence-corrected chi connectivity index (χ2v) is 4.70. The van der Waals surface area contributed by atoms with Crippen LogP contribution in [0.3, 0.4) is 0 Å². The van der Waals surface area contributed by atoms with Gasteiger partial charge < -0.3 is 9.88 Å². The first-order valence-corrected chi connectivity index (χ1v) is 6.03. The minimum Gasteiger partial charge on any atom is -0.314 e. The lowest BCUT2D eigenvalue weighted by Crippen LogP contribution is -2.21. The van der Waals surface area contributed by atoms with E-state index in [1.54, 1.807) is 0 Å². The van der Waals surface area contributed by atoms with Gasteiger partial charge in [0.1, 0.15) is 0 Å². The molecule has 1 aliphatic rings. The summed E-state index contributed by atoms with van der Waals surface area (Å²) in [4.78, 5) is 11.5. The van der Waals surface area contributed by atoms with Gasteiger partial charge in [-0.15, -0.1) is 0 Å². The Labute approximate surface area is 87.8 Å². The van der Waals surface area contributed by atoms with Crippen molar-refractivity contribution < 1.29 is 0 Å². The minimum absolute atomic E-state index is 0.175. The van der Waals surface area contributed by atoms with E-state index in [9.17, 15) is 4.79 Å². The van der Waals surface area contributed by atoms with E-state index >= 15 is 0 Å². The summed E-state index contributed by atoms with van der Waals surface area (Å²) >= 11 is 1.29. The highest BCUT2D eigenvalue weighted by Gasteiger charge is 2.19. The first-order valence-electron chi connectivity index (χ1n) is 5.15. The van der Waals surface area contributed by atoms with Crippen molar-refractivity contribution in [1.82, 2.24) is 9.88 Å². The number of nitrogens with zero attached hydrogens (tertiary/aromatic N) is 1. The average Bonchev–Trinajstić information content (AvgIpc) is 2.93. The molecule has 4 heteroatoms. The van der Waals surface area contributed by atoms with Gasteiger partial charge in [0.15, 0.2) is 0 Å². The summed E-state index contributed by atoms with van der Waals surface area (Å²) in [6.45, 7) is 3.88. The molecule has 14 heavy (non-hydrogen) atoms. The van der Waals surface area contributed by atoms with Gasteiger partial charge in [-0.25, -0.2) is 0 Å². The van der Waals surface area contributed by atoms with E-state index in [4.69, 9.17) is 0 Å². The van der Waals surface area contributed by atoms with Crippen molar-refractivity contribution in [3.05, 3.63) is 20.7 Å². The van der Waals surface area contributed by atoms with Gasteiger partial charge in [0, 0.05) is 23.7 Å². The molecule has 3 nitrogen and oxygen atoms in total. The highest BCUT2D eigenvalue weighted by atomic mass is 32.1. The Bertz CT molecular complexity index is 351. The van der Waals surface area contributed by atoms with Crippen LogP contribution >= 0.6 is 11.3 Å². The van der Waals surface area contributed by atoms with Gasteiger partial charge >= 0.3 is 4.87 Å². The lowest BCUT2D eigenvalue weighted by atomic mass is 10.4. The lowest BCUT2D eigenvalue weighted by molar-refractivity contribution is 0.567. The molecule has 0 unspecified atom stereocenters. The van der Waals surface area contributed by atoms with E-state index in [2.05, 4.69) is 5.32 Å². The summed E-state index contributed by atoms with van der Waals surface area (Å²) in [7, 11) is 0. The Morgan fingerprint density at radius 3 is 3.00 bits per heavy atom. The molecule has 0 atom stereocenters. The van der Waals surface area contributed by atoms with Crippen molar-refractivity contribution in [3.63, 3.8) is 0 Å². The molecular formula is C10H16N2OS. The first kappa shape index (κ1) is 9.93. The maximum absolute atomic E-state index is 11.3. The molecule has 1 aromatic heterocycles. The van der Waals surface area contributed by atoms with Crippen LogP contribution in [-0.2, 0) is 6.54 Å². The molecule has 1 aliphatic carbocycles. The number of nitrogens with one attached hydrogen (secondary N) is 1. The van der Waals surface area contributed by atoms with E-state index in [0.29, 0.717) is 0 Å². The number of hydrogen-bond donors (Lipinski definition) is 1. The van der Waals surface area contributed by atoms with Crippen molar-refractivity contribution in [2.24, 2.45) is 0 Å². The summed E-state index contributed by atoms with van der Waals surface area (Å²) < 4.78 is 1.86. The zero-order valence-electron chi connectivity index (χ0n) is 8.45. The SMILES string of the molecule is Cc1csc(=O)n1CCCNC1CC1. The highest BCUT2D eigenvalue weighted by Crippen LogP contribution is 2.18. The molecule has 0 aromatic carbocycles. The van der Waals surface area contributed by atoms with Gasteiger partial charge in [-0.3, -0.25) is 4.79 Å². The van der Waals surface area contributed by atoms with E-state index < -0.39 is 0 Å². The molecule has 0 bridgehead atoms. The largest absolute Gasteiger partial charge is 0.314 e. The van der Waals surface area contributed by atoms with Gasteiger partial charge in [0.05, 0.1) is 0 Å². The fourth-order valence-corrected chi connectivity index (χ4v) is 2.27. The number of rotatable bonds is 5. The van der Waals surface area contributed by atoms with Gasteiger partial charge in [-0.05, 0) is 32.7 Å². The Balaban J connectivity index is 1.76. The van der Waals surface area contributed by atoms with Crippen molar-refractivity contribution in [1.29, 1.82) is 0 Å². The number of aromatic nitrogens is 1. The molecule has 1 aromatic rings. The third-order valence-electron chi connectivity index (χ3n) is 2.55. The topological polar surface area (TPSA) is 34.0 Å². The molecule has 0 saturated heterocycles. The minimum atomic E-state index is 0.175. The van der Waals surface area contributed by atoms with Crippen LogP contribution in [0.15, 0.2) is 10.2 Å². The van der Waals surface area contributed by atoms with Crippen LogP contribution in [0.2, 0.25) is 0 Å². The molecular weight excluding hydrogens is 196 g/mol. The summed E-state index contributed by atoms with van der Waals surface area (Å²) in [6, 6.07) is 0.773. The molecule has 0 radical (unpaired) electrons. The van der Waals surface area contributed by atoms with E-state index in [1.165, 1.54) is 24.2 Å². The number of aryl methyl sites for hydroxylation is 1. The summed E-state index contributed by atoms with van der Waals surface area (Å²) in [5, 5.41) is 5.37. The summed E-state index contributed by atoms with van der Waals surface area (Å²) in [5.74, 6) is 0. The Morgan fingerprint density at radius 2 is 2.43 bits per heavy atom. The lowest BCUT2D eigenvalue weighted by Gasteiger charge is -2.04. The zero-order valence-corrected chi connectivity index (χ0v) is 9.27. The van der Waals surface area contributed by atoms with Crippen LogP contribution in [0.1, 0.15) is 25.0 Å². The van der Waals surface area contributed by atoms with Crippen LogP contribution in [-0.4, -0.2) is 17.2 Å². The predicted octanol–water partition coefficient (Wildman–Crippen LogP) is 1.36. The highest BCUT2D eigenvalue weighted by molar-refractivity contribution is 7.07. The maximum Gasteiger partial charge on any atom is 0.307 e. The van der Waals surface area contributed by atoms with E-state index in [-0.39, 0.29) is 4.87 Å². The fourth-order valence-electron chi connectivity index (χ4n) is 1.51. The van der Waals surface area contributed by atoms with Crippen molar-refractivity contribution in [2.45, 2.75) is 38.8 Å². The normalized spacial score (nSPS) is 16.1. The predicted molar refractivity (Wildman–Crippen MR) is 59.0 cm³/mol. The molecule has 78 valence electrons. The molecule has 0 aliphatic heterocycles. The van der Waals surface area contributed by atoms with Crippen LogP contribution in [0.4, 0.5) is 0 Å². The van der Waals surface area contributed by atoms with Gasteiger partial charge in [0.25, 0.3) is 0 Å². The van der Waals surface area contributed by atoms with Gasteiger partial charge in [-0.2, -0.15) is 0 Å². The quantitative estimate of drug-likeness (QED) is 0.748. The smallest absolute Gasteiger partial charge is 0.307 e. The maximum atomic E-state index is 11.3. The van der Waals surface area contributed by atoms with Crippen LogP contribution in [0.5, 0.6) is 0 Å². The molecule has 1 fully saturated rings. The van der Waals surface area contributed by atoms with Gasteiger partial charge in [0.2, 0.25) is 0 Å². The van der Waals surface area contributed by atoms with Crippen LogP contribution < -0.4 is 10.2 Å². The molecule has 1 saturated carbocycles. The first-order chi connectivity index (χ1) is 6.77. The Hall–Kier alpha value is -0.610. The molecule has 0 amide bonds. The fraction of sp³-hybridized carbons (Fsp3) is 0.700. The second kappa shape index (κ2) is 4.28. The van der Waals surface area contributed by atoms with Crippen molar-refractivity contribution in [2.75, 3.05) is 6.54 Å². The Kier molecular flexibility index (Phi) is 3.03. The van der Waals surface area contributed by atoms with Crippen LogP contribution in [0.25, 0.3) is 0 Å². The standard InChI is InChI=1S/C10H16N2OS/c1-8-7-14-10(13)12(8)6-2-5-11-9-3-4-9/h7,9,11H,2-6H2,1H3. The second-order valence-electron chi connectivity index (χ2n) is 3.88. The number of thiazole rings is 1. The van der Waals surface area contributed by atoms with Crippen molar-refractivity contribution in [3.8, 4) is 0 Å². The third-order valence-corrected chi connectivity index (χ3v) is 3.43. The molecule has 2 rings (SSSR count). The average molecular weight is 212 g/mol. The van der Waals surface area contributed by atoms with Crippen LogP contribution in [0, 0.1) is 6.92 Å². The summed E-state index contributed by atoms with van der Waals surface area (Å²) in [5.41, 5.74) is 1.09. The monoisotopic (exact) mass is 212 g/mol. The third kappa shape index (κ3) is 2.45.